The largest absolute Gasteiger partial charge is 0.308 e. The van der Waals surface area contributed by atoms with Crippen molar-refractivity contribution in [3.05, 3.63) is 51.9 Å². The van der Waals surface area contributed by atoms with E-state index in [9.17, 15) is 0 Å². The SMILES string of the molecule is NNc1ccnc(Cc2ccc(Cl)c(Cl)c2)n1. The third-order valence-electron chi connectivity index (χ3n) is 2.20. The third-order valence-corrected chi connectivity index (χ3v) is 2.94. The van der Waals surface area contributed by atoms with Gasteiger partial charge in [0, 0.05) is 18.7 Å². The maximum atomic E-state index is 5.93. The van der Waals surface area contributed by atoms with Crippen LogP contribution in [0.2, 0.25) is 10.0 Å². The van der Waals surface area contributed by atoms with E-state index >= 15 is 0 Å². The molecular formula is C11H10Cl2N4. The highest BCUT2D eigenvalue weighted by atomic mass is 35.5. The van der Waals surface area contributed by atoms with Crippen LogP contribution < -0.4 is 11.3 Å². The Kier molecular flexibility index (Phi) is 3.78. The van der Waals surface area contributed by atoms with Gasteiger partial charge in [-0.25, -0.2) is 15.8 Å². The number of rotatable bonds is 3. The fraction of sp³-hybridized carbons (Fsp3) is 0.0909. The van der Waals surface area contributed by atoms with Crippen LogP contribution in [0.1, 0.15) is 11.4 Å². The lowest BCUT2D eigenvalue weighted by atomic mass is 10.1. The van der Waals surface area contributed by atoms with Crippen molar-refractivity contribution in [2.45, 2.75) is 6.42 Å². The normalized spacial score (nSPS) is 10.3. The summed E-state index contributed by atoms with van der Waals surface area (Å²) in [6, 6.07) is 7.14. The number of hydrazine groups is 1. The van der Waals surface area contributed by atoms with Gasteiger partial charge in [-0.05, 0) is 17.7 Å². The Balaban J connectivity index is 2.22. The van der Waals surface area contributed by atoms with Crippen LogP contribution in [0.4, 0.5) is 5.82 Å². The molecule has 6 heteroatoms. The lowest BCUT2D eigenvalue weighted by molar-refractivity contribution is 0.965. The summed E-state index contributed by atoms with van der Waals surface area (Å²) < 4.78 is 0. The number of nitrogens with zero attached hydrogens (tertiary/aromatic N) is 2. The average molecular weight is 269 g/mol. The molecule has 0 amide bonds. The highest BCUT2D eigenvalue weighted by Crippen LogP contribution is 2.23. The lowest BCUT2D eigenvalue weighted by Crippen LogP contribution is -2.10. The second kappa shape index (κ2) is 5.31. The number of hydrogen-bond acceptors (Lipinski definition) is 4. The number of nitrogens with two attached hydrogens (primary N) is 1. The molecule has 1 aromatic carbocycles. The Morgan fingerprint density at radius 2 is 2.00 bits per heavy atom. The summed E-state index contributed by atoms with van der Waals surface area (Å²) in [7, 11) is 0. The van der Waals surface area contributed by atoms with Gasteiger partial charge in [-0.15, -0.1) is 0 Å². The molecule has 4 nitrogen and oxygen atoms in total. The number of nitrogen functional groups attached to an aromatic ring is 1. The summed E-state index contributed by atoms with van der Waals surface area (Å²) in [4.78, 5) is 8.37. The summed E-state index contributed by atoms with van der Waals surface area (Å²) in [5.74, 6) is 6.52. The summed E-state index contributed by atoms with van der Waals surface area (Å²) in [5.41, 5.74) is 3.47. The van der Waals surface area contributed by atoms with Crippen molar-refractivity contribution in [2.24, 2.45) is 5.84 Å². The van der Waals surface area contributed by atoms with E-state index in [1.165, 1.54) is 0 Å². The number of nitrogens with one attached hydrogen (secondary N) is 1. The van der Waals surface area contributed by atoms with Crippen LogP contribution in [0.25, 0.3) is 0 Å². The van der Waals surface area contributed by atoms with Crippen LogP contribution in [-0.4, -0.2) is 9.97 Å². The number of anilines is 1. The van der Waals surface area contributed by atoms with Gasteiger partial charge in [0.05, 0.1) is 10.0 Å². The van der Waals surface area contributed by atoms with Gasteiger partial charge in [-0.2, -0.15) is 0 Å². The molecule has 88 valence electrons. The van der Waals surface area contributed by atoms with E-state index < -0.39 is 0 Å². The van der Waals surface area contributed by atoms with Crippen molar-refractivity contribution in [3.63, 3.8) is 0 Å². The smallest absolute Gasteiger partial charge is 0.143 e. The summed E-state index contributed by atoms with van der Waals surface area (Å²) in [5, 5.41) is 1.06. The van der Waals surface area contributed by atoms with Crippen molar-refractivity contribution in [3.8, 4) is 0 Å². The second-order valence-corrected chi connectivity index (χ2v) is 4.24. The molecule has 3 N–H and O–H groups in total. The van der Waals surface area contributed by atoms with Crippen LogP contribution in [0.3, 0.4) is 0 Å². The van der Waals surface area contributed by atoms with Gasteiger partial charge in [-0.1, -0.05) is 29.3 Å². The van der Waals surface area contributed by atoms with Gasteiger partial charge in [0.15, 0.2) is 0 Å². The zero-order valence-electron chi connectivity index (χ0n) is 8.82. The molecule has 17 heavy (non-hydrogen) atoms. The first-order valence-corrected chi connectivity index (χ1v) is 5.67. The van der Waals surface area contributed by atoms with Gasteiger partial charge in [0.1, 0.15) is 11.6 Å². The van der Waals surface area contributed by atoms with E-state index in [2.05, 4.69) is 15.4 Å². The Bertz CT molecular complexity index is 531. The minimum atomic E-state index is 0.525. The maximum absolute atomic E-state index is 5.93. The van der Waals surface area contributed by atoms with E-state index in [4.69, 9.17) is 29.0 Å². The summed E-state index contributed by atoms with van der Waals surface area (Å²) in [6.07, 6.45) is 2.22. The van der Waals surface area contributed by atoms with E-state index in [-0.39, 0.29) is 0 Å². The van der Waals surface area contributed by atoms with Gasteiger partial charge < -0.3 is 5.43 Å². The fourth-order valence-corrected chi connectivity index (χ4v) is 1.72. The molecule has 0 atom stereocenters. The molecule has 0 unspecified atom stereocenters. The number of benzene rings is 1. The minimum absolute atomic E-state index is 0.525. The Hall–Kier alpha value is -1.36. The van der Waals surface area contributed by atoms with E-state index in [0.717, 1.165) is 5.56 Å². The summed E-state index contributed by atoms with van der Waals surface area (Å²) >= 11 is 11.8. The van der Waals surface area contributed by atoms with E-state index in [1.807, 2.05) is 6.07 Å². The molecule has 0 aliphatic rings. The quantitative estimate of drug-likeness (QED) is 0.664. The predicted molar refractivity (Wildman–Crippen MR) is 69.1 cm³/mol. The molecule has 1 heterocycles. The molecular weight excluding hydrogens is 259 g/mol. The van der Waals surface area contributed by atoms with Crippen molar-refractivity contribution in [1.82, 2.24) is 9.97 Å². The zero-order chi connectivity index (χ0) is 12.3. The lowest BCUT2D eigenvalue weighted by Gasteiger charge is -2.04. The molecule has 0 bridgehead atoms. The van der Waals surface area contributed by atoms with E-state index in [1.54, 1.807) is 24.4 Å². The highest BCUT2D eigenvalue weighted by Gasteiger charge is 2.03. The molecule has 2 aromatic rings. The van der Waals surface area contributed by atoms with Gasteiger partial charge in [0.2, 0.25) is 0 Å². The van der Waals surface area contributed by atoms with Crippen LogP contribution in [0.5, 0.6) is 0 Å². The van der Waals surface area contributed by atoms with Crippen LogP contribution in [0.15, 0.2) is 30.5 Å². The topological polar surface area (TPSA) is 63.8 Å². The van der Waals surface area contributed by atoms with Crippen molar-refractivity contribution in [2.75, 3.05) is 5.43 Å². The van der Waals surface area contributed by atoms with Gasteiger partial charge >= 0.3 is 0 Å². The van der Waals surface area contributed by atoms with Crippen molar-refractivity contribution in [1.29, 1.82) is 0 Å². The second-order valence-electron chi connectivity index (χ2n) is 3.43. The molecule has 0 aliphatic heterocycles. The monoisotopic (exact) mass is 268 g/mol. The Morgan fingerprint density at radius 3 is 2.71 bits per heavy atom. The first-order valence-electron chi connectivity index (χ1n) is 4.91. The van der Waals surface area contributed by atoms with Crippen LogP contribution >= 0.6 is 23.2 Å². The Labute approximate surface area is 109 Å². The Morgan fingerprint density at radius 1 is 1.18 bits per heavy atom. The van der Waals surface area contributed by atoms with Crippen molar-refractivity contribution >= 4 is 29.0 Å². The van der Waals surface area contributed by atoms with Crippen LogP contribution in [0, 0.1) is 0 Å². The predicted octanol–water partition coefficient (Wildman–Crippen LogP) is 2.66. The maximum Gasteiger partial charge on any atom is 0.143 e. The molecule has 0 saturated carbocycles. The molecule has 2 rings (SSSR count). The molecule has 0 spiro atoms. The average Bonchev–Trinajstić information content (AvgIpc) is 2.34. The fourth-order valence-electron chi connectivity index (χ4n) is 1.40. The standard InChI is InChI=1S/C11H10Cl2N4/c12-8-2-1-7(5-9(8)13)6-11-15-4-3-10(16-11)17-14/h1-5H,6,14H2,(H,15,16,17). The number of hydrogen-bond donors (Lipinski definition) is 2. The molecule has 1 aromatic heterocycles. The summed E-state index contributed by atoms with van der Waals surface area (Å²) in [6.45, 7) is 0. The first-order chi connectivity index (χ1) is 8.19. The van der Waals surface area contributed by atoms with Gasteiger partial charge in [-0.3, -0.25) is 0 Å². The van der Waals surface area contributed by atoms with Crippen LogP contribution in [-0.2, 0) is 6.42 Å². The highest BCUT2D eigenvalue weighted by molar-refractivity contribution is 6.42. The molecule has 0 radical (unpaired) electrons. The first kappa shape index (κ1) is 12.1. The number of halogens is 2. The van der Waals surface area contributed by atoms with E-state index in [0.29, 0.717) is 28.1 Å². The zero-order valence-corrected chi connectivity index (χ0v) is 10.3. The molecule has 0 aliphatic carbocycles. The number of aromatic nitrogens is 2. The molecule has 0 saturated heterocycles. The third kappa shape index (κ3) is 3.06. The minimum Gasteiger partial charge on any atom is -0.308 e. The van der Waals surface area contributed by atoms with Crippen molar-refractivity contribution < 1.29 is 0 Å². The van der Waals surface area contributed by atoms with Gasteiger partial charge in [0.25, 0.3) is 0 Å². The molecule has 0 fully saturated rings.